The molecule has 0 saturated heterocycles. The molecule has 0 aliphatic carbocycles. The van der Waals surface area contributed by atoms with E-state index in [1.807, 2.05) is 0 Å². The average molecular weight is 139 g/mol. The van der Waals surface area contributed by atoms with Gasteiger partial charge in [-0.25, -0.2) is 0 Å². The number of hydrogen-bond acceptors (Lipinski definition) is 2. The maximum absolute atomic E-state index is 10.8. The molecule has 0 saturated carbocycles. The van der Waals surface area contributed by atoms with Crippen LogP contribution in [0.4, 0.5) is 0 Å². The van der Waals surface area contributed by atoms with Crippen LogP contribution in [0.15, 0.2) is 24.4 Å². The largest absolute Gasteiger partial charge is 0.394 e. The van der Waals surface area contributed by atoms with Crippen LogP contribution in [-0.4, -0.2) is 12.8 Å². The number of ketones is 1. The molecule has 0 atom stereocenters. The zero-order valence-corrected chi connectivity index (χ0v) is 6.48. The highest BCUT2D eigenvalue weighted by atomic mass is 16.1. The normalized spacial score (nSPS) is 10.8. The highest BCUT2D eigenvalue weighted by Gasteiger charge is 1.98. The summed E-state index contributed by atoms with van der Waals surface area (Å²) in [5.41, 5.74) is 0.762. The molecular weight excluding hydrogens is 126 g/mol. The molecule has 0 aromatic carbocycles. The molecule has 10 heavy (non-hydrogen) atoms. The fourth-order valence-corrected chi connectivity index (χ4v) is 0.634. The standard InChI is InChI=1S/C8H13NO/c1-4-5-8(6-9-3)7(2)10/h4,6,9H,1,5H2,2-3H3/b8-6+. The van der Waals surface area contributed by atoms with Crippen LogP contribution in [0.2, 0.25) is 0 Å². The quantitative estimate of drug-likeness (QED) is 0.469. The van der Waals surface area contributed by atoms with Crippen molar-refractivity contribution in [2.45, 2.75) is 13.3 Å². The monoisotopic (exact) mass is 139 g/mol. The van der Waals surface area contributed by atoms with Gasteiger partial charge < -0.3 is 5.32 Å². The Labute approximate surface area is 61.6 Å². The van der Waals surface area contributed by atoms with E-state index in [0.29, 0.717) is 6.42 Å². The summed E-state index contributed by atoms with van der Waals surface area (Å²) in [6.07, 6.45) is 4.05. The second-order valence-corrected chi connectivity index (χ2v) is 2.01. The van der Waals surface area contributed by atoms with Crippen molar-refractivity contribution < 1.29 is 4.79 Å². The predicted octanol–water partition coefficient (Wildman–Crippen LogP) is 1.25. The van der Waals surface area contributed by atoms with Gasteiger partial charge in [0, 0.05) is 18.8 Å². The molecule has 0 unspecified atom stereocenters. The van der Waals surface area contributed by atoms with Gasteiger partial charge in [-0.2, -0.15) is 0 Å². The van der Waals surface area contributed by atoms with Crippen molar-refractivity contribution in [1.29, 1.82) is 0 Å². The third kappa shape index (κ3) is 3.07. The zero-order valence-electron chi connectivity index (χ0n) is 6.48. The van der Waals surface area contributed by atoms with Gasteiger partial charge in [0.25, 0.3) is 0 Å². The van der Waals surface area contributed by atoms with E-state index in [1.165, 1.54) is 0 Å². The maximum Gasteiger partial charge on any atom is 0.157 e. The molecule has 2 nitrogen and oxygen atoms in total. The van der Waals surface area contributed by atoms with Crippen LogP contribution in [0.5, 0.6) is 0 Å². The summed E-state index contributed by atoms with van der Waals surface area (Å²) in [6.45, 7) is 5.09. The Kier molecular flexibility index (Phi) is 4.29. The van der Waals surface area contributed by atoms with Crippen LogP contribution in [-0.2, 0) is 4.79 Å². The Balaban J connectivity index is 4.10. The van der Waals surface area contributed by atoms with E-state index in [9.17, 15) is 4.79 Å². The topological polar surface area (TPSA) is 29.1 Å². The minimum absolute atomic E-state index is 0.0919. The summed E-state index contributed by atoms with van der Waals surface area (Å²) in [7, 11) is 1.77. The van der Waals surface area contributed by atoms with E-state index in [-0.39, 0.29) is 5.78 Å². The molecule has 1 N–H and O–H groups in total. The number of hydrogen-bond donors (Lipinski definition) is 1. The second-order valence-electron chi connectivity index (χ2n) is 2.01. The Morgan fingerprint density at radius 1 is 1.70 bits per heavy atom. The zero-order chi connectivity index (χ0) is 7.98. The maximum atomic E-state index is 10.8. The SMILES string of the molecule is C=CC/C(=C\NC)C(C)=O. The Morgan fingerprint density at radius 3 is 2.60 bits per heavy atom. The summed E-state index contributed by atoms with van der Waals surface area (Å²) in [5, 5.41) is 2.80. The Hall–Kier alpha value is -1.05. The number of Topliss-reactive ketones (excluding diaryl/α,β-unsaturated/α-hetero) is 1. The first-order chi connectivity index (χ1) is 4.72. The van der Waals surface area contributed by atoms with Crippen molar-refractivity contribution >= 4 is 5.78 Å². The average Bonchev–Trinajstić information content (AvgIpc) is 1.87. The van der Waals surface area contributed by atoms with Crippen LogP contribution >= 0.6 is 0 Å². The van der Waals surface area contributed by atoms with Crippen molar-refractivity contribution in [2.24, 2.45) is 0 Å². The van der Waals surface area contributed by atoms with Gasteiger partial charge in [0.2, 0.25) is 0 Å². The van der Waals surface area contributed by atoms with Gasteiger partial charge in [0.05, 0.1) is 0 Å². The van der Waals surface area contributed by atoms with E-state index in [0.717, 1.165) is 5.57 Å². The number of rotatable bonds is 4. The highest BCUT2D eigenvalue weighted by molar-refractivity contribution is 5.93. The van der Waals surface area contributed by atoms with Gasteiger partial charge in [-0.3, -0.25) is 4.79 Å². The molecule has 0 amide bonds. The molecule has 0 aromatic heterocycles. The molecule has 0 aliphatic rings. The first-order valence-corrected chi connectivity index (χ1v) is 3.20. The third-order valence-corrected chi connectivity index (χ3v) is 1.14. The number of nitrogens with one attached hydrogen (secondary N) is 1. The minimum atomic E-state index is 0.0919. The smallest absolute Gasteiger partial charge is 0.157 e. The summed E-state index contributed by atoms with van der Waals surface area (Å²) < 4.78 is 0. The van der Waals surface area contributed by atoms with Crippen LogP contribution in [0.3, 0.4) is 0 Å². The molecule has 0 spiro atoms. The summed E-state index contributed by atoms with van der Waals surface area (Å²) >= 11 is 0. The number of carbonyl (C=O) groups is 1. The molecule has 0 heterocycles. The van der Waals surface area contributed by atoms with Gasteiger partial charge in [-0.15, -0.1) is 6.58 Å². The van der Waals surface area contributed by atoms with Gasteiger partial charge in [0.1, 0.15) is 0 Å². The summed E-state index contributed by atoms with van der Waals surface area (Å²) in [5.74, 6) is 0.0919. The lowest BCUT2D eigenvalue weighted by Crippen LogP contribution is -2.02. The Morgan fingerprint density at radius 2 is 2.30 bits per heavy atom. The van der Waals surface area contributed by atoms with Gasteiger partial charge in [-0.05, 0) is 13.3 Å². The minimum Gasteiger partial charge on any atom is -0.394 e. The fraction of sp³-hybridized carbons (Fsp3) is 0.375. The van der Waals surface area contributed by atoms with Gasteiger partial charge in [0.15, 0.2) is 5.78 Å². The van der Waals surface area contributed by atoms with E-state index in [1.54, 1.807) is 26.2 Å². The van der Waals surface area contributed by atoms with E-state index >= 15 is 0 Å². The van der Waals surface area contributed by atoms with Gasteiger partial charge in [-0.1, -0.05) is 6.08 Å². The van der Waals surface area contributed by atoms with Crippen molar-refractivity contribution in [3.8, 4) is 0 Å². The third-order valence-electron chi connectivity index (χ3n) is 1.14. The molecule has 2 heteroatoms. The lowest BCUT2D eigenvalue weighted by atomic mass is 10.1. The molecule has 0 radical (unpaired) electrons. The van der Waals surface area contributed by atoms with Crippen LogP contribution < -0.4 is 5.32 Å². The first kappa shape index (κ1) is 8.95. The van der Waals surface area contributed by atoms with Crippen LogP contribution in [0.1, 0.15) is 13.3 Å². The summed E-state index contributed by atoms with van der Waals surface area (Å²) in [4.78, 5) is 10.8. The molecule has 0 aliphatic heterocycles. The Bertz CT molecular complexity index is 159. The molecule has 0 rings (SSSR count). The van der Waals surface area contributed by atoms with Gasteiger partial charge >= 0.3 is 0 Å². The van der Waals surface area contributed by atoms with Crippen molar-refractivity contribution in [1.82, 2.24) is 5.32 Å². The lowest BCUT2D eigenvalue weighted by Gasteiger charge is -1.97. The molecule has 56 valence electrons. The van der Waals surface area contributed by atoms with E-state index in [2.05, 4.69) is 11.9 Å². The van der Waals surface area contributed by atoms with Crippen molar-refractivity contribution in [2.75, 3.05) is 7.05 Å². The second kappa shape index (κ2) is 4.79. The highest BCUT2D eigenvalue weighted by Crippen LogP contribution is 2.00. The molecule has 0 aromatic rings. The number of carbonyl (C=O) groups excluding carboxylic acids is 1. The molecule has 0 fully saturated rings. The summed E-state index contributed by atoms with van der Waals surface area (Å²) in [6, 6.07) is 0. The molecule has 0 bridgehead atoms. The van der Waals surface area contributed by atoms with E-state index in [4.69, 9.17) is 0 Å². The van der Waals surface area contributed by atoms with Crippen LogP contribution in [0, 0.1) is 0 Å². The lowest BCUT2D eigenvalue weighted by molar-refractivity contribution is -0.113. The fourth-order valence-electron chi connectivity index (χ4n) is 0.634. The van der Waals surface area contributed by atoms with Crippen molar-refractivity contribution in [3.05, 3.63) is 24.4 Å². The van der Waals surface area contributed by atoms with Crippen LogP contribution in [0.25, 0.3) is 0 Å². The van der Waals surface area contributed by atoms with E-state index < -0.39 is 0 Å². The molecular formula is C8H13NO. The first-order valence-electron chi connectivity index (χ1n) is 3.20. The van der Waals surface area contributed by atoms with Crippen molar-refractivity contribution in [3.63, 3.8) is 0 Å². The number of allylic oxidation sites excluding steroid dienone is 2. The predicted molar refractivity (Wildman–Crippen MR) is 42.6 cm³/mol.